The molecule has 1 aliphatic rings. The minimum Gasteiger partial charge on any atom is -0.293 e. The van der Waals surface area contributed by atoms with Gasteiger partial charge >= 0.3 is 0 Å². The Kier molecular flexibility index (Phi) is 2.93. The SMILES string of the molecule is CC(=O)c1nc(C2CCCS2)sc1C. The zero-order valence-corrected chi connectivity index (χ0v) is 10.0. The summed E-state index contributed by atoms with van der Waals surface area (Å²) < 4.78 is 0. The van der Waals surface area contributed by atoms with Crippen LogP contribution >= 0.6 is 23.1 Å². The lowest BCUT2D eigenvalue weighted by Crippen LogP contribution is -1.95. The number of rotatable bonds is 2. The van der Waals surface area contributed by atoms with E-state index in [1.165, 1.54) is 18.6 Å². The third kappa shape index (κ3) is 1.86. The van der Waals surface area contributed by atoms with Crippen LogP contribution < -0.4 is 0 Å². The molecule has 1 atom stereocenters. The summed E-state index contributed by atoms with van der Waals surface area (Å²) in [5.41, 5.74) is 0.678. The smallest absolute Gasteiger partial charge is 0.179 e. The van der Waals surface area contributed by atoms with Crippen LogP contribution in [0.5, 0.6) is 0 Å². The van der Waals surface area contributed by atoms with Crippen molar-refractivity contribution in [2.24, 2.45) is 0 Å². The summed E-state index contributed by atoms with van der Waals surface area (Å²) in [6.07, 6.45) is 2.50. The molecule has 0 saturated carbocycles. The van der Waals surface area contributed by atoms with Crippen LogP contribution in [0.1, 0.15) is 45.4 Å². The van der Waals surface area contributed by atoms with Crippen molar-refractivity contribution >= 4 is 28.9 Å². The molecule has 14 heavy (non-hydrogen) atoms. The molecular weight excluding hydrogens is 214 g/mol. The third-order valence-electron chi connectivity index (χ3n) is 2.35. The van der Waals surface area contributed by atoms with Crippen LogP contribution in [-0.2, 0) is 0 Å². The Morgan fingerprint density at radius 2 is 2.36 bits per heavy atom. The number of hydrogen-bond donors (Lipinski definition) is 0. The zero-order chi connectivity index (χ0) is 10.1. The molecule has 0 N–H and O–H groups in total. The van der Waals surface area contributed by atoms with E-state index in [1.807, 2.05) is 18.7 Å². The molecule has 2 nitrogen and oxygen atoms in total. The first-order chi connectivity index (χ1) is 6.68. The summed E-state index contributed by atoms with van der Waals surface area (Å²) >= 11 is 3.65. The normalized spacial score (nSPS) is 21.4. The van der Waals surface area contributed by atoms with Gasteiger partial charge in [0.25, 0.3) is 0 Å². The average molecular weight is 227 g/mol. The molecule has 1 aromatic rings. The van der Waals surface area contributed by atoms with Crippen LogP contribution in [0.3, 0.4) is 0 Å². The van der Waals surface area contributed by atoms with E-state index in [-0.39, 0.29) is 5.78 Å². The maximum atomic E-state index is 11.2. The van der Waals surface area contributed by atoms with Gasteiger partial charge in [-0.3, -0.25) is 4.79 Å². The van der Waals surface area contributed by atoms with Crippen molar-refractivity contribution < 1.29 is 4.79 Å². The van der Waals surface area contributed by atoms with Gasteiger partial charge in [-0.15, -0.1) is 11.3 Å². The van der Waals surface area contributed by atoms with Crippen molar-refractivity contribution in [3.63, 3.8) is 0 Å². The van der Waals surface area contributed by atoms with E-state index in [0.717, 1.165) is 9.88 Å². The minimum absolute atomic E-state index is 0.0907. The second kappa shape index (κ2) is 4.03. The highest BCUT2D eigenvalue weighted by Crippen LogP contribution is 2.41. The van der Waals surface area contributed by atoms with E-state index < -0.39 is 0 Å². The van der Waals surface area contributed by atoms with Gasteiger partial charge < -0.3 is 0 Å². The second-order valence-electron chi connectivity index (χ2n) is 3.51. The quantitative estimate of drug-likeness (QED) is 0.727. The first kappa shape index (κ1) is 10.2. The average Bonchev–Trinajstić information content (AvgIpc) is 2.70. The number of thiazole rings is 1. The van der Waals surface area contributed by atoms with Gasteiger partial charge in [-0.1, -0.05) is 0 Å². The fourth-order valence-corrected chi connectivity index (χ4v) is 4.13. The van der Waals surface area contributed by atoms with Gasteiger partial charge in [0, 0.05) is 11.8 Å². The molecule has 0 aliphatic carbocycles. The summed E-state index contributed by atoms with van der Waals surface area (Å²) in [6.45, 7) is 3.57. The summed E-state index contributed by atoms with van der Waals surface area (Å²) in [6, 6.07) is 0. The van der Waals surface area contributed by atoms with E-state index in [0.29, 0.717) is 10.9 Å². The van der Waals surface area contributed by atoms with Gasteiger partial charge in [-0.2, -0.15) is 11.8 Å². The van der Waals surface area contributed by atoms with Crippen molar-refractivity contribution in [3.8, 4) is 0 Å². The highest BCUT2D eigenvalue weighted by Gasteiger charge is 2.22. The maximum Gasteiger partial charge on any atom is 0.179 e. The van der Waals surface area contributed by atoms with Crippen molar-refractivity contribution in [2.75, 3.05) is 5.75 Å². The summed E-state index contributed by atoms with van der Waals surface area (Å²) in [4.78, 5) is 16.7. The second-order valence-corrected chi connectivity index (χ2v) is 6.06. The largest absolute Gasteiger partial charge is 0.293 e. The highest BCUT2D eigenvalue weighted by molar-refractivity contribution is 7.99. The molecule has 1 fully saturated rings. The Bertz CT molecular complexity index is 353. The number of aromatic nitrogens is 1. The number of nitrogens with zero attached hydrogens (tertiary/aromatic N) is 1. The molecule has 1 aliphatic heterocycles. The van der Waals surface area contributed by atoms with E-state index in [1.54, 1.807) is 18.3 Å². The fourth-order valence-electron chi connectivity index (χ4n) is 1.65. The van der Waals surface area contributed by atoms with Crippen LogP contribution in [0.15, 0.2) is 0 Å². The molecule has 0 amide bonds. The van der Waals surface area contributed by atoms with E-state index in [4.69, 9.17) is 0 Å². The van der Waals surface area contributed by atoms with Gasteiger partial charge in [0.05, 0.1) is 5.25 Å². The van der Waals surface area contributed by atoms with Gasteiger partial charge in [0.1, 0.15) is 10.7 Å². The lowest BCUT2D eigenvalue weighted by Gasteiger charge is -2.01. The molecule has 1 saturated heterocycles. The van der Waals surface area contributed by atoms with Crippen molar-refractivity contribution in [2.45, 2.75) is 31.9 Å². The molecular formula is C10H13NOS2. The van der Waals surface area contributed by atoms with Crippen LogP contribution in [-0.4, -0.2) is 16.5 Å². The molecule has 0 spiro atoms. The number of Topliss-reactive ketones (excluding diaryl/α,β-unsaturated/α-hetero) is 1. The topological polar surface area (TPSA) is 30.0 Å². The number of carbonyl (C=O) groups excluding carboxylic acids is 1. The number of carbonyl (C=O) groups is 1. The number of ketones is 1. The van der Waals surface area contributed by atoms with Gasteiger partial charge in [-0.25, -0.2) is 4.98 Å². The minimum atomic E-state index is 0.0907. The molecule has 2 rings (SSSR count). The first-order valence-electron chi connectivity index (χ1n) is 4.78. The predicted molar refractivity (Wildman–Crippen MR) is 61.3 cm³/mol. The maximum absolute atomic E-state index is 11.2. The monoisotopic (exact) mass is 227 g/mol. The first-order valence-corrected chi connectivity index (χ1v) is 6.65. The Labute approximate surface area is 92.1 Å². The van der Waals surface area contributed by atoms with E-state index >= 15 is 0 Å². The number of aryl methyl sites for hydroxylation is 1. The van der Waals surface area contributed by atoms with Crippen LogP contribution in [0.2, 0.25) is 0 Å². The Hall–Kier alpha value is -0.350. The molecule has 1 aromatic heterocycles. The van der Waals surface area contributed by atoms with Gasteiger partial charge in [-0.05, 0) is 25.5 Å². The van der Waals surface area contributed by atoms with Crippen molar-refractivity contribution in [1.29, 1.82) is 0 Å². The summed E-state index contributed by atoms with van der Waals surface area (Å²) in [5.74, 6) is 1.33. The molecule has 2 heterocycles. The molecule has 0 radical (unpaired) electrons. The lowest BCUT2D eigenvalue weighted by molar-refractivity contribution is 0.101. The molecule has 4 heteroatoms. The zero-order valence-electron chi connectivity index (χ0n) is 8.37. The number of thioether (sulfide) groups is 1. The van der Waals surface area contributed by atoms with Crippen LogP contribution in [0, 0.1) is 6.92 Å². The van der Waals surface area contributed by atoms with Gasteiger partial charge in [0.2, 0.25) is 0 Å². The van der Waals surface area contributed by atoms with Crippen LogP contribution in [0.25, 0.3) is 0 Å². The number of hydrogen-bond acceptors (Lipinski definition) is 4. The Morgan fingerprint density at radius 1 is 1.57 bits per heavy atom. The van der Waals surface area contributed by atoms with E-state index in [9.17, 15) is 4.79 Å². The van der Waals surface area contributed by atoms with Crippen molar-refractivity contribution in [1.82, 2.24) is 4.98 Å². The lowest BCUT2D eigenvalue weighted by atomic mass is 10.2. The summed E-state index contributed by atoms with van der Waals surface area (Å²) in [7, 11) is 0. The van der Waals surface area contributed by atoms with Gasteiger partial charge in [0.15, 0.2) is 5.78 Å². The molecule has 0 aromatic carbocycles. The highest BCUT2D eigenvalue weighted by atomic mass is 32.2. The van der Waals surface area contributed by atoms with Crippen LogP contribution in [0.4, 0.5) is 0 Å². The molecule has 76 valence electrons. The predicted octanol–water partition coefficient (Wildman–Crippen LogP) is 3.22. The Morgan fingerprint density at radius 3 is 2.86 bits per heavy atom. The summed E-state index contributed by atoms with van der Waals surface area (Å²) in [5, 5.41) is 1.70. The van der Waals surface area contributed by atoms with Crippen molar-refractivity contribution in [3.05, 3.63) is 15.6 Å². The standard InChI is InChI=1S/C10H13NOS2/c1-6(12)9-7(2)14-10(11-9)8-4-3-5-13-8/h8H,3-5H2,1-2H3. The third-order valence-corrected chi connectivity index (χ3v) is 4.97. The molecule has 0 bridgehead atoms. The fraction of sp³-hybridized carbons (Fsp3) is 0.600. The molecule has 1 unspecified atom stereocenters. The van der Waals surface area contributed by atoms with E-state index in [2.05, 4.69) is 4.98 Å². The Balaban J connectivity index is 2.27.